The van der Waals surface area contributed by atoms with E-state index in [0.717, 1.165) is 17.3 Å². The lowest BCUT2D eigenvalue weighted by atomic mass is 9.76. The van der Waals surface area contributed by atoms with Gasteiger partial charge in [-0.05, 0) is 42.9 Å². The van der Waals surface area contributed by atoms with Crippen molar-refractivity contribution in [3.63, 3.8) is 0 Å². The van der Waals surface area contributed by atoms with Gasteiger partial charge in [-0.3, -0.25) is 0 Å². The molecule has 2 N–H and O–H groups in total. The summed E-state index contributed by atoms with van der Waals surface area (Å²) in [7, 11) is -3.49. The van der Waals surface area contributed by atoms with E-state index in [9.17, 15) is 8.42 Å². The molecule has 1 aromatic rings. The number of benzene rings is 1. The van der Waals surface area contributed by atoms with E-state index in [0.29, 0.717) is 30.6 Å². The lowest BCUT2D eigenvalue weighted by Crippen LogP contribution is -2.44. The van der Waals surface area contributed by atoms with E-state index in [2.05, 4.69) is 15.9 Å². The fraction of sp³-hybridized carbons (Fsp3) is 0.600. The Balaban J connectivity index is 1.86. The van der Waals surface area contributed by atoms with Gasteiger partial charge in [0, 0.05) is 17.6 Å². The first-order valence-electron chi connectivity index (χ1n) is 7.53. The van der Waals surface area contributed by atoms with Gasteiger partial charge in [-0.25, -0.2) is 8.42 Å². The highest BCUT2D eigenvalue weighted by Gasteiger charge is 2.37. The van der Waals surface area contributed by atoms with Crippen LogP contribution in [0.3, 0.4) is 0 Å². The number of halogens is 1. The topological polar surface area (TPSA) is 63.4 Å². The van der Waals surface area contributed by atoms with Crippen molar-refractivity contribution in [2.45, 2.75) is 37.0 Å². The Labute approximate surface area is 134 Å². The van der Waals surface area contributed by atoms with E-state index in [1.54, 1.807) is 22.5 Å². The largest absolute Gasteiger partial charge is 0.398 e. The summed E-state index contributed by atoms with van der Waals surface area (Å²) in [5, 5.41) is 0. The van der Waals surface area contributed by atoms with Crippen LogP contribution >= 0.6 is 15.9 Å². The zero-order valence-electron chi connectivity index (χ0n) is 12.0. The average Bonchev–Trinajstić information content (AvgIpc) is 2.49. The molecule has 1 aliphatic carbocycles. The van der Waals surface area contributed by atoms with E-state index >= 15 is 0 Å². The van der Waals surface area contributed by atoms with Crippen LogP contribution in [0, 0.1) is 11.8 Å². The van der Waals surface area contributed by atoms with Crippen molar-refractivity contribution in [3.8, 4) is 0 Å². The summed E-state index contributed by atoms with van der Waals surface area (Å²) < 4.78 is 28.1. The highest BCUT2D eigenvalue weighted by molar-refractivity contribution is 9.10. The number of hydrogen-bond acceptors (Lipinski definition) is 3. The molecule has 116 valence electrons. The first kappa shape index (κ1) is 15.3. The molecule has 1 aromatic carbocycles. The number of nitrogen functional groups attached to an aromatic ring is 1. The molecule has 1 saturated carbocycles. The molecule has 6 heteroatoms. The number of nitrogens with zero attached hydrogens (tertiary/aromatic N) is 1. The number of piperidine rings is 1. The molecular weight excluding hydrogens is 352 g/mol. The van der Waals surface area contributed by atoms with Crippen LogP contribution in [0.5, 0.6) is 0 Å². The van der Waals surface area contributed by atoms with Crippen LogP contribution in [0.25, 0.3) is 0 Å². The molecule has 0 aromatic heterocycles. The lowest BCUT2D eigenvalue weighted by molar-refractivity contribution is 0.136. The SMILES string of the molecule is Nc1ccc(Br)cc1S(=O)(=O)N1CCC2CCCCC2C1. The molecule has 3 rings (SSSR count). The van der Waals surface area contributed by atoms with Crippen LogP contribution in [0.1, 0.15) is 32.1 Å². The molecule has 0 amide bonds. The van der Waals surface area contributed by atoms with Gasteiger partial charge in [0.1, 0.15) is 4.90 Å². The molecule has 2 fully saturated rings. The summed E-state index contributed by atoms with van der Waals surface area (Å²) in [4.78, 5) is 0.228. The van der Waals surface area contributed by atoms with Crippen molar-refractivity contribution >= 4 is 31.6 Å². The van der Waals surface area contributed by atoms with Crippen molar-refractivity contribution < 1.29 is 8.42 Å². The highest BCUT2D eigenvalue weighted by Crippen LogP contribution is 2.38. The minimum atomic E-state index is -3.49. The summed E-state index contributed by atoms with van der Waals surface area (Å²) in [6.07, 6.45) is 5.93. The van der Waals surface area contributed by atoms with E-state index in [-0.39, 0.29) is 4.90 Å². The molecule has 4 nitrogen and oxygen atoms in total. The number of anilines is 1. The summed E-state index contributed by atoms with van der Waals surface area (Å²) >= 11 is 3.33. The van der Waals surface area contributed by atoms with Gasteiger partial charge in [0.2, 0.25) is 10.0 Å². The van der Waals surface area contributed by atoms with E-state index in [4.69, 9.17) is 5.73 Å². The standard InChI is InChI=1S/C15H21BrN2O2S/c16-13-5-6-14(17)15(9-13)21(19,20)18-8-7-11-3-1-2-4-12(11)10-18/h5-6,9,11-12H,1-4,7-8,10,17H2. The van der Waals surface area contributed by atoms with Crippen LogP contribution in [-0.4, -0.2) is 25.8 Å². The maximum Gasteiger partial charge on any atom is 0.245 e. The normalized spacial score (nSPS) is 27.3. The molecule has 0 bridgehead atoms. The van der Waals surface area contributed by atoms with Gasteiger partial charge in [0.15, 0.2) is 0 Å². The second kappa shape index (κ2) is 5.89. The van der Waals surface area contributed by atoms with Gasteiger partial charge in [-0.2, -0.15) is 4.31 Å². The predicted molar refractivity (Wildman–Crippen MR) is 87.4 cm³/mol. The van der Waals surface area contributed by atoms with Crippen LogP contribution in [-0.2, 0) is 10.0 Å². The molecule has 1 heterocycles. The third kappa shape index (κ3) is 2.98. The van der Waals surface area contributed by atoms with Gasteiger partial charge in [-0.15, -0.1) is 0 Å². The monoisotopic (exact) mass is 372 g/mol. The van der Waals surface area contributed by atoms with Gasteiger partial charge >= 0.3 is 0 Å². The minimum Gasteiger partial charge on any atom is -0.398 e. The fourth-order valence-corrected chi connectivity index (χ4v) is 5.82. The van der Waals surface area contributed by atoms with Crippen molar-refractivity contribution in [3.05, 3.63) is 22.7 Å². The zero-order valence-corrected chi connectivity index (χ0v) is 14.4. The van der Waals surface area contributed by atoms with Gasteiger partial charge in [-0.1, -0.05) is 35.2 Å². The molecule has 21 heavy (non-hydrogen) atoms. The Morgan fingerprint density at radius 3 is 2.62 bits per heavy atom. The van der Waals surface area contributed by atoms with Crippen molar-refractivity contribution in [1.29, 1.82) is 0 Å². The van der Waals surface area contributed by atoms with Gasteiger partial charge < -0.3 is 5.73 Å². The summed E-state index contributed by atoms with van der Waals surface area (Å²) in [6.45, 7) is 1.27. The van der Waals surface area contributed by atoms with Crippen molar-refractivity contribution in [2.75, 3.05) is 18.8 Å². The molecule has 1 aliphatic heterocycles. The number of rotatable bonds is 2. The highest BCUT2D eigenvalue weighted by atomic mass is 79.9. The Hall–Kier alpha value is -0.590. The van der Waals surface area contributed by atoms with Gasteiger partial charge in [0.25, 0.3) is 0 Å². The zero-order chi connectivity index (χ0) is 15.0. The summed E-state index contributed by atoms with van der Waals surface area (Å²) in [5.41, 5.74) is 6.21. The second-order valence-corrected chi connectivity index (χ2v) is 8.96. The quantitative estimate of drug-likeness (QED) is 0.810. The summed E-state index contributed by atoms with van der Waals surface area (Å²) in [6, 6.07) is 5.02. The predicted octanol–water partition coefficient (Wildman–Crippen LogP) is 3.23. The van der Waals surface area contributed by atoms with E-state index in [1.807, 2.05) is 0 Å². The lowest BCUT2D eigenvalue weighted by Gasteiger charge is -2.40. The maximum absolute atomic E-state index is 12.9. The van der Waals surface area contributed by atoms with Crippen LogP contribution in [0.15, 0.2) is 27.6 Å². The molecule has 0 spiro atoms. The molecule has 0 radical (unpaired) electrons. The third-order valence-corrected chi connectivity index (χ3v) is 7.26. The molecule has 2 atom stereocenters. The van der Waals surface area contributed by atoms with Crippen molar-refractivity contribution in [2.24, 2.45) is 11.8 Å². The molecular formula is C15H21BrN2O2S. The van der Waals surface area contributed by atoms with E-state index in [1.165, 1.54) is 19.3 Å². The Kier molecular flexibility index (Phi) is 4.30. The summed E-state index contributed by atoms with van der Waals surface area (Å²) in [5.74, 6) is 1.24. The smallest absolute Gasteiger partial charge is 0.245 e. The average molecular weight is 373 g/mol. The Bertz CT molecular complexity index is 633. The van der Waals surface area contributed by atoms with Gasteiger partial charge in [0.05, 0.1) is 5.69 Å². The third-order valence-electron chi connectivity index (χ3n) is 4.85. The molecule has 1 saturated heterocycles. The molecule has 2 unspecified atom stereocenters. The number of fused-ring (bicyclic) bond motifs is 1. The number of nitrogens with two attached hydrogens (primary N) is 1. The molecule has 2 aliphatic rings. The minimum absolute atomic E-state index is 0.228. The van der Waals surface area contributed by atoms with Crippen LogP contribution in [0.4, 0.5) is 5.69 Å². The second-order valence-electron chi connectivity index (χ2n) is 6.14. The maximum atomic E-state index is 12.9. The Morgan fingerprint density at radius 1 is 1.14 bits per heavy atom. The van der Waals surface area contributed by atoms with Crippen LogP contribution in [0.2, 0.25) is 0 Å². The number of hydrogen-bond donors (Lipinski definition) is 1. The van der Waals surface area contributed by atoms with Crippen LogP contribution < -0.4 is 5.73 Å². The van der Waals surface area contributed by atoms with Crippen molar-refractivity contribution in [1.82, 2.24) is 4.31 Å². The van der Waals surface area contributed by atoms with E-state index < -0.39 is 10.0 Å². The first-order valence-corrected chi connectivity index (χ1v) is 9.77. The first-order chi connectivity index (χ1) is 9.98. The number of sulfonamides is 1. The Morgan fingerprint density at radius 2 is 1.86 bits per heavy atom. The fourth-order valence-electron chi connectivity index (χ4n) is 3.66.